The van der Waals surface area contributed by atoms with E-state index in [0.717, 1.165) is 23.8 Å². The maximum absolute atomic E-state index is 13.8. The number of piperidine rings is 1. The van der Waals surface area contributed by atoms with Gasteiger partial charge in [0.25, 0.3) is 11.5 Å². The molecule has 0 aliphatic carbocycles. The molecule has 0 spiro atoms. The molecule has 0 radical (unpaired) electrons. The summed E-state index contributed by atoms with van der Waals surface area (Å²) in [5.41, 5.74) is 2.02. The highest BCUT2D eigenvalue weighted by atomic mass is 127. The van der Waals surface area contributed by atoms with Crippen LogP contribution in [0.5, 0.6) is 0 Å². The van der Waals surface area contributed by atoms with Crippen LogP contribution in [0, 0.1) is 13.8 Å². The van der Waals surface area contributed by atoms with E-state index >= 15 is 0 Å². The number of anilines is 2. The molecule has 238 valence electrons. The zero-order valence-corrected chi connectivity index (χ0v) is 29.0. The second-order valence-electron chi connectivity index (χ2n) is 11.3. The average molecular weight is 767 g/mol. The quantitative estimate of drug-likeness (QED) is 0.196. The van der Waals surface area contributed by atoms with Gasteiger partial charge >= 0.3 is 0 Å². The molecule has 0 saturated carbocycles. The van der Waals surface area contributed by atoms with Crippen LogP contribution in [0.3, 0.4) is 0 Å². The predicted molar refractivity (Wildman–Crippen MR) is 180 cm³/mol. The largest absolute Gasteiger partial charge is 0.377 e. The molecule has 5 rings (SSSR count). The lowest BCUT2D eigenvalue weighted by Crippen LogP contribution is -2.49. The summed E-state index contributed by atoms with van der Waals surface area (Å²) in [7, 11) is -2.15. The van der Waals surface area contributed by atoms with Crippen molar-refractivity contribution >= 4 is 73.1 Å². The van der Waals surface area contributed by atoms with E-state index < -0.39 is 27.6 Å². The maximum Gasteiger partial charge on any atom is 0.285 e. The van der Waals surface area contributed by atoms with Crippen molar-refractivity contribution in [2.45, 2.75) is 45.3 Å². The van der Waals surface area contributed by atoms with Crippen LogP contribution in [0.1, 0.15) is 58.8 Å². The van der Waals surface area contributed by atoms with Gasteiger partial charge in [0, 0.05) is 31.5 Å². The molecule has 45 heavy (non-hydrogen) atoms. The third kappa shape index (κ3) is 6.90. The van der Waals surface area contributed by atoms with Crippen LogP contribution < -0.4 is 20.5 Å². The Morgan fingerprint density at radius 3 is 2.53 bits per heavy atom. The van der Waals surface area contributed by atoms with Crippen molar-refractivity contribution in [3.8, 4) is 0 Å². The SMILES string of the molecule is Cc1cnc([C@@]2(OI)CCCN(c3nc4c([C@@H](C)Nc5ccc(Cl)nc5C(=O)NS(C)(=O)=O)cc(C)cc4c(=O)n3C)C2)nc1. The fraction of sp³-hybridized carbons (Fsp3) is 0.379. The Bertz CT molecular complexity index is 1960. The number of hydrogen-bond acceptors (Lipinski definition) is 11. The summed E-state index contributed by atoms with van der Waals surface area (Å²) in [6.45, 7) is 6.69. The van der Waals surface area contributed by atoms with Gasteiger partial charge in [0.1, 0.15) is 28.2 Å². The normalized spacial score (nSPS) is 17.7. The van der Waals surface area contributed by atoms with Crippen LogP contribution in [0.25, 0.3) is 10.9 Å². The van der Waals surface area contributed by atoms with Crippen LogP contribution in [0.2, 0.25) is 5.15 Å². The molecule has 1 aliphatic heterocycles. The number of aryl methyl sites for hydroxylation is 2. The highest BCUT2D eigenvalue weighted by Crippen LogP contribution is 2.37. The van der Waals surface area contributed by atoms with E-state index in [1.54, 1.807) is 36.1 Å². The molecule has 4 aromatic rings. The second kappa shape index (κ2) is 12.8. The molecule has 1 fully saturated rings. The molecule has 0 bridgehead atoms. The number of halogens is 2. The van der Waals surface area contributed by atoms with Crippen molar-refractivity contribution in [2.24, 2.45) is 7.05 Å². The number of aromatic nitrogens is 5. The molecule has 2 atom stereocenters. The van der Waals surface area contributed by atoms with E-state index in [1.807, 2.05) is 59.5 Å². The minimum atomic E-state index is -3.85. The van der Waals surface area contributed by atoms with Crippen LogP contribution in [-0.4, -0.2) is 58.2 Å². The molecule has 1 amide bonds. The number of carbonyl (C=O) groups is 1. The number of benzene rings is 1. The van der Waals surface area contributed by atoms with E-state index in [9.17, 15) is 18.0 Å². The van der Waals surface area contributed by atoms with Gasteiger partial charge in [-0.25, -0.2) is 33.1 Å². The number of pyridine rings is 1. The Hall–Kier alpha value is -3.41. The molecular weight excluding hydrogens is 735 g/mol. The second-order valence-corrected chi connectivity index (χ2v) is 13.9. The van der Waals surface area contributed by atoms with Crippen LogP contribution >= 0.6 is 34.6 Å². The highest BCUT2D eigenvalue weighted by Gasteiger charge is 2.42. The average Bonchev–Trinajstić information content (AvgIpc) is 2.99. The van der Waals surface area contributed by atoms with Crippen molar-refractivity contribution < 1.29 is 16.3 Å². The van der Waals surface area contributed by atoms with Crippen molar-refractivity contribution in [3.63, 3.8) is 0 Å². The Balaban J connectivity index is 1.56. The van der Waals surface area contributed by atoms with E-state index in [-0.39, 0.29) is 22.1 Å². The van der Waals surface area contributed by atoms with E-state index in [2.05, 4.69) is 20.3 Å². The third-order valence-corrected chi connectivity index (χ3v) is 9.21. The van der Waals surface area contributed by atoms with Gasteiger partial charge in [0.15, 0.2) is 17.1 Å². The number of nitrogens with zero attached hydrogens (tertiary/aromatic N) is 6. The van der Waals surface area contributed by atoms with Gasteiger partial charge in [-0.3, -0.25) is 17.2 Å². The molecule has 16 heteroatoms. The molecular formula is C29H32ClIN8O5S. The third-order valence-electron chi connectivity index (χ3n) is 7.60. The lowest BCUT2D eigenvalue weighted by atomic mass is 9.92. The lowest BCUT2D eigenvalue weighted by Gasteiger charge is -2.40. The summed E-state index contributed by atoms with van der Waals surface area (Å²) in [5.74, 6) is 0.108. The summed E-state index contributed by atoms with van der Waals surface area (Å²) in [6.07, 6.45) is 5.86. The molecule has 1 aliphatic rings. The van der Waals surface area contributed by atoms with Gasteiger partial charge in [-0.15, -0.1) is 0 Å². The zero-order chi connectivity index (χ0) is 32.7. The summed E-state index contributed by atoms with van der Waals surface area (Å²) >= 11 is 7.94. The summed E-state index contributed by atoms with van der Waals surface area (Å²) < 4.78 is 33.0. The standard InChI is InChI=1S/C29H32ClIN8O5S/c1-16-11-19(18(3)34-21-7-8-22(30)35-24(21)25(40)37-45(5,42)43)23-20(12-16)26(41)38(4)28(36-23)39-10-6-9-29(15-39,44-31)27-32-13-17(2)14-33-27/h7-8,11-14,18,34H,6,9-10,15H2,1-5H3,(H,37,40)/t18-,29-/m1/s1. The molecule has 1 aromatic carbocycles. The minimum Gasteiger partial charge on any atom is -0.377 e. The smallest absolute Gasteiger partial charge is 0.285 e. The first-order valence-corrected chi connectivity index (χ1v) is 17.2. The molecule has 1 saturated heterocycles. The Morgan fingerprint density at radius 2 is 1.87 bits per heavy atom. The molecule has 0 unspecified atom stereocenters. The number of sulfonamides is 1. The Kier molecular flexibility index (Phi) is 9.35. The number of fused-ring (bicyclic) bond motifs is 1. The van der Waals surface area contributed by atoms with Crippen molar-refractivity contribution in [1.29, 1.82) is 0 Å². The number of hydrogen-bond donors (Lipinski definition) is 2. The summed E-state index contributed by atoms with van der Waals surface area (Å²) in [5, 5.41) is 3.70. The van der Waals surface area contributed by atoms with E-state index in [1.165, 1.54) is 6.07 Å². The van der Waals surface area contributed by atoms with E-state index in [0.29, 0.717) is 47.7 Å². The van der Waals surface area contributed by atoms with Gasteiger partial charge in [-0.1, -0.05) is 17.7 Å². The lowest BCUT2D eigenvalue weighted by molar-refractivity contribution is 0.0902. The molecule has 2 N–H and O–H groups in total. The summed E-state index contributed by atoms with van der Waals surface area (Å²) in [4.78, 5) is 46.8. The number of rotatable bonds is 8. The fourth-order valence-electron chi connectivity index (χ4n) is 5.51. The van der Waals surface area contributed by atoms with Gasteiger partial charge in [0.2, 0.25) is 16.0 Å². The number of amides is 1. The van der Waals surface area contributed by atoms with Gasteiger partial charge in [0.05, 0.1) is 35.4 Å². The molecule has 13 nitrogen and oxygen atoms in total. The van der Waals surface area contributed by atoms with Gasteiger partial charge in [-0.05, 0) is 62.9 Å². The number of carbonyl (C=O) groups excluding carboxylic acids is 1. The topological polar surface area (TPSA) is 161 Å². The fourth-order valence-corrected chi connectivity index (χ4v) is 6.64. The summed E-state index contributed by atoms with van der Waals surface area (Å²) in [6, 6.07) is 6.26. The first kappa shape index (κ1) is 33.0. The predicted octanol–water partition coefficient (Wildman–Crippen LogP) is 4.11. The van der Waals surface area contributed by atoms with Crippen molar-refractivity contribution in [1.82, 2.24) is 29.2 Å². The van der Waals surface area contributed by atoms with Crippen LogP contribution in [0.4, 0.5) is 11.6 Å². The zero-order valence-electron chi connectivity index (χ0n) is 25.3. The first-order chi connectivity index (χ1) is 21.2. The van der Waals surface area contributed by atoms with Crippen molar-refractivity contribution in [3.05, 3.63) is 80.4 Å². The van der Waals surface area contributed by atoms with Crippen LogP contribution in [0.15, 0.2) is 41.5 Å². The minimum absolute atomic E-state index is 0.0202. The number of nitrogens with one attached hydrogen (secondary N) is 2. The first-order valence-electron chi connectivity index (χ1n) is 14.0. The highest BCUT2D eigenvalue weighted by molar-refractivity contribution is 14.1. The molecule has 3 aromatic heterocycles. The van der Waals surface area contributed by atoms with E-state index in [4.69, 9.17) is 19.7 Å². The van der Waals surface area contributed by atoms with Crippen molar-refractivity contribution in [2.75, 3.05) is 29.6 Å². The molecule has 4 heterocycles. The Morgan fingerprint density at radius 1 is 1.16 bits per heavy atom. The van der Waals surface area contributed by atoms with Gasteiger partial charge in [-0.2, -0.15) is 0 Å². The van der Waals surface area contributed by atoms with Gasteiger partial charge < -0.3 is 10.2 Å². The Labute approximate surface area is 279 Å². The van der Waals surface area contributed by atoms with Crippen LogP contribution in [-0.2, 0) is 25.7 Å². The monoisotopic (exact) mass is 766 g/mol. The maximum atomic E-state index is 13.8.